The Morgan fingerprint density at radius 1 is 1.00 bits per heavy atom. The molecular formula is C23H24N2O2. The SMILES string of the molecule is NCc1cccc(C2CCN(C(=O)c3ccc(-c4ccccc4)o3)CC2)c1. The van der Waals surface area contributed by atoms with Gasteiger partial charge in [-0.1, -0.05) is 54.6 Å². The van der Waals surface area contributed by atoms with Crippen molar-refractivity contribution in [1.82, 2.24) is 4.90 Å². The Hall–Kier alpha value is -2.85. The van der Waals surface area contributed by atoms with Crippen LogP contribution in [0.4, 0.5) is 0 Å². The largest absolute Gasteiger partial charge is 0.451 e. The molecule has 1 aliphatic rings. The van der Waals surface area contributed by atoms with Crippen molar-refractivity contribution in [2.75, 3.05) is 13.1 Å². The second-order valence-electron chi connectivity index (χ2n) is 7.05. The van der Waals surface area contributed by atoms with Crippen molar-refractivity contribution in [3.05, 3.63) is 83.6 Å². The molecule has 4 heteroatoms. The molecule has 27 heavy (non-hydrogen) atoms. The number of furan rings is 1. The molecular weight excluding hydrogens is 336 g/mol. The number of carbonyl (C=O) groups excluding carboxylic acids is 1. The number of benzene rings is 2. The summed E-state index contributed by atoms with van der Waals surface area (Å²) in [6, 6.07) is 22.0. The van der Waals surface area contributed by atoms with Gasteiger partial charge in [0.25, 0.3) is 5.91 Å². The van der Waals surface area contributed by atoms with Gasteiger partial charge in [-0.05, 0) is 42.0 Å². The van der Waals surface area contributed by atoms with E-state index in [-0.39, 0.29) is 5.91 Å². The Labute approximate surface area is 159 Å². The van der Waals surface area contributed by atoms with E-state index in [1.807, 2.05) is 41.3 Å². The average molecular weight is 360 g/mol. The lowest BCUT2D eigenvalue weighted by Crippen LogP contribution is -2.37. The Bertz CT molecular complexity index is 909. The van der Waals surface area contributed by atoms with Gasteiger partial charge in [-0.2, -0.15) is 0 Å². The van der Waals surface area contributed by atoms with Gasteiger partial charge in [0.05, 0.1) is 0 Å². The molecule has 1 saturated heterocycles. The first-order valence-electron chi connectivity index (χ1n) is 9.48. The highest BCUT2D eigenvalue weighted by Crippen LogP contribution is 2.30. The number of carbonyl (C=O) groups is 1. The molecule has 2 aromatic carbocycles. The summed E-state index contributed by atoms with van der Waals surface area (Å²) >= 11 is 0. The molecule has 138 valence electrons. The van der Waals surface area contributed by atoms with Crippen LogP contribution in [0.1, 0.15) is 40.4 Å². The number of hydrogen-bond donors (Lipinski definition) is 1. The van der Waals surface area contributed by atoms with E-state index in [4.69, 9.17) is 10.2 Å². The van der Waals surface area contributed by atoms with Crippen molar-refractivity contribution in [3.8, 4) is 11.3 Å². The fraction of sp³-hybridized carbons (Fsp3) is 0.261. The lowest BCUT2D eigenvalue weighted by atomic mass is 9.88. The van der Waals surface area contributed by atoms with Crippen LogP contribution in [0.15, 0.2) is 71.1 Å². The molecule has 0 spiro atoms. The molecule has 0 bridgehead atoms. The van der Waals surface area contributed by atoms with E-state index in [1.54, 1.807) is 6.07 Å². The van der Waals surface area contributed by atoms with Gasteiger partial charge in [-0.25, -0.2) is 0 Å². The quantitative estimate of drug-likeness (QED) is 0.749. The zero-order valence-electron chi connectivity index (χ0n) is 15.3. The van der Waals surface area contributed by atoms with Gasteiger partial charge in [0, 0.05) is 25.2 Å². The smallest absolute Gasteiger partial charge is 0.289 e. The van der Waals surface area contributed by atoms with Crippen LogP contribution in [0.2, 0.25) is 0 Å². The average Bonchev–Trinajstić information content (AvgIpc) is 3.24. The number of piperidine rings is 1. The van der Waals surface area contributed by atoms with Crippen molar-refractivity contribution in [2.45, 2.75) is 25.3 Å². The summed E-state index contributed by atoms with van der Waals surface area (Å²) in [5.74, 6) is 1.60. The number of nitrogens with two attached hydrogens (primary N) is 1. The van der Waals surface area contributed by atoms with Gasteiger partial charge < -0.3 is 15.1 Å². The van der Waals surface area contributed by atoms with Crippen LogP contribution in [0, 0.1) is 0 Å². The van der Waals surface area contributed by atoms with E-state index in [0.29, 0.717) is 18.2 Å². The van der Waals surface area contributed by atoms with Crippen LogP contribution in [0.25, 0.3) is 11.3 Å². The van der Waals surface area contributed by atoms with Crippen LogP contribution in [0.5, 0.6) is 0 Å². The predicted octanol–water partition coefficient (Wildman–Crippen LogP) is 4.43. The maximum absolute atomic E-state index is 12.8. The van der Waals surface area contributed by atoms with Crippen molar-refractivity contribution < 1.29 is 9.21 Å². The molecule has 2 N–H and O–H groups in total. The van der Waals surface area contributed by atoms with Crippen LogP contribution in [-0.2, 0) is 6.54 Å². The van der Waals surface area contributed by atoms with Crippen LogP contribution in [0.3, 0.4) is 0 Å². The summed E-state index contributed by atoms with van der Waals surface area (Å²) in [6.07, 6.45) is 1.93. The molecule has 1 amide bonds. The Morgan fingerprint density at radius 2 is 1.78 bits per heavy atom. The summed E-state index contributed by atoms with van der Waals surface area (Å²) in [7, 11) is 0. The summed E-state index contributed by atoms with van der Waals surface area (Å²) in [5, 5.41) is 0. The summed E-state index contributed by atoms with van der Waals surface area (Å²) < 4.78 is 5.82. The van der Waals surface area contributed by atoms with Crippen molar-refractivity contribution in [2.24, 2.45) is 5.73 Å². The third-order valence-corrected chi connectivity index (χ3v) is 5.32. The van der Waals surface area contributed by atoms with Crippen LogP contribution in [-0.4, -0.2) is 23.9 Å². The topological polar surface area (TPSA) is 59.5 Å². The van der Waals surface area contributed by atoms with E-state index in [9.17, 15) is 4.79 Å². The fourth-order valence-corrected chi connectivity index (χ4v) is 3.76. The van der Waals surface area contributed by atoms with Gasteiger partial charge in [0.2, 0.25) is 0 Å². The number of rotatable bonds is 4. The van der Waals surface area contributed by atoms with Crippen molar-refractivity contribution in [1.29, 1.82) is 0 Å². The van der Waals surface area contributed by atoms with E-state index in [0.717, 1.165) is 42.8 Å². The summed E-state index contributed by atoms with van der Waals surface area (Å²) in [5.41, 5.74) is 9.23. The molecule has 4 nitrogen and oxygen atoms in total. The molecule has 0 unspecified atom stereocenters. The lowest BCUT2D eigenvalue weighted by Gasteiger charge is -2.31. The lowest BCUT2D eigenvalue weighted by molar-refractivity contribution is 0.0681. The number of hydrogen-bond acceptors (Lipinski definition) is 3. The van der Waals surface area contributed by atoms with Gasteiger partial charge in [-0.15, -0.1) is 0 Å². The monoisotopic (exact) mass is 360 g/mol. The molecule has 1 aliphatic heterocycles. The van der Waals surface area contributed by atoms with E-state index < -0.39 is 0 Å². The first-order valence-corrected chi connectivity index (χ1v) is 9.48. The number of nitrogens with zero attached hydrogens (tertiary/aromatic N) is 1. The van der Waals surface area contributed by atoms with Crippen LogP contribution >= 0.6 is 0 Å². The second kappa shape index (κ2) is 7.80. The summed E-state index contributed by atoms with van der Waals surface area (Å²) in [4.78, 5) is 14.7. The molecule has 1 fully saturated rings. The fourth-order valence-electron chi connectivity index (χ4n) is 3.76. The predicted molar refractivity (Wildman–Crippen MR) is 106 cm³/mol. The van der Waals surface area contributed by atoms with E-state index in [1.165, 1.54) is 5.56 Å². The molecule has 1 aromatic heterocycles. The minimum atomic E-state index is -0.0219. The molecule has 2 heterocycles. The third-order valence-electron chi connectivity index (χ3n) is 5.32. The van der Waals surface area contributed by atoms with Gasteiger partial charge in [-0.3, -0.25) is 4.79 Å². The highest BCUT2D eigenvalue weighted by Gasteiger charge is 2.26. The van der Waals surface area contributed by atoms with Crippen molar-refractivity contribution >= 4 is 5.91 Å². The minimum Gasteiger partial charge on any atom is -0.451 e. The molecule has 4 rings (SSSR count). The summed E-state index contributed by atoms with van der Waals surface area (Å²) in [6.45, 7) is 2.06. The van der Waals surface area contributed by atoms with Crippen LogP contribution < -0.4 is 5.73 Å². The number of amides is 1. The molecule has 3 aromatic rings. The molecule has 0 saturated carbocycles. The zero-order chi connectivity index (χ0) is 18.6. The van der Waals surface area contributed by atoms with Gasteiger partial charge in [0.15, 0.2) is 5.76 Å². The second-order valence-corrected chi connectivity index (χ2v) is 7.05. The molecule has 0 radical (unpaired) electrons. The number of likely N-dealkylation sites (tertiary alicyclic amines) is 1. The highest BCUT2D eigenvalue weighted by molar-refractivity contribution is 5.92. The standard InChI is InChI=1S/C23H24N2O2/c24-16-17-5-4-8-20(15-17)18-11-13-25(14-12-18)23(26)22-10-9-21(27-22)19-6-2-1-3-7-19/h1-10,15,18H,11-14,16,24H2. The zero-order valence-corrected chi connectivity index (χ0v) is 15.3. The van der Waals surface area contributed by atoms with E-state index in [2.05, 4.69) is 24.3 Å². The first kappa shape index (κ1) is 17.6. The van der Waals surface area contributed by atoms with Crippen molar-refractivity contribution in [3.63, 3.8) is 0 Å². The molecule has 0 aliphatic carbocycles. The maximum atomic E-state index is 12.8. The van der Waals surface area contributed by atoms with E-state index >= 15 is 0 Å². The minimum absolute atomic E-state index is 0.0219. The van der Waals surface area contributed by atoms with Gasteiger partial charge >= 0.3 is 0 Å². The Balaban J connectivity index is 1.41. The Kier molecular flexibility index (Phi) is 5.07. The highest BCUT2D eigenvalue weighted by atomic mass is 16.4. The third kappa shape index (κ3) is 3.81. The first-order chi connectivity index (χ1) is 13.2. The van der Waals surface area contributed by atoms with Gasteiger partial charge in [0.1, 0.15) is 5.76 Å². The Morgan fingerprint density at radius 3 is 2.52 bits per heavy atom. The normalized spacial score (nSPS) is 15.1. The molecule has 0 atom stereocenters. The maximum Gasteiger partial charge on any atom is 0.289 e.